The molecule has 114 valence electrons. The van der Waals surface area contributed by atoms with Crippen LogP contribution >= 0.6 is 34.4 Å². The topological polar surface area (TPSA) is 38.7 Å². The molecular weight excluding hydrogens is 342 g/mol. The van der Waals surface area contributed by atoms with Gasteiger partial charge in [0.1, 0.15) is 5.01 Å². The van der Waals surface area contributed by atoms with Crippen molar-refractivity contribution in [3.8, 4) is 0 Å². The molecule has 3 nitrogen and oxygen atoms in total. The highest BCUT2D eigenvalue weighted by Gasteiger charge is 2.10. The third-order valence-corrected chi connectivity index (χ3v) is 6.50. The predicted molar refractivity (Wildman–Crippen MR) is 97.5 cm³/mol. The molecule has 0 fully saturated rings. The lowest BCUT2D eigenvalue weighted by atomic mass is 10.1. The molecule has 6 heteroatoms. The van der Waals surface area contributed by atoms with Gasteiger partial charge >= 0.3 is 0 Å². The molecule has 2 aromatic carbocycles. The first-order valence-corrected chi connectivity index (χ1v) is 9.71. The van der Waals surface area contributed by atoms with E-state index in [9.17, 15) is 0 Å². The number of hydrogen-bond acceptors (Lipinski definition) is 6. The highest BCUT2D eigenvalue weighted by molar-refractivity contribution is 8.02. The minimum absolute atomic E-state index is 0.933. The van der Waals surface area contributed by atoms with Crippen molar-refractivity contribution >= 4 is 44.7 Å². The quantitative estimate of drug-likeness (QED) is 0.500. The summed E-state index contributed by atoms with van der Waals surface area (Å²) in [5.41, 5.74) is 2.39. The van der Waals surface area contributed by atoms with Crippen molar-refractivity contribution in [1.29, 1.82) is 0 Å². The van der Waals surface area contributed by atoms with Crippen LogP contribution in [-0.4, -0.2) is 15.2 Å². The van der Waals surface area contributed by atoms with Crippen LogP contribution in [0.15, 0.2) is 63.3 Å². The van der Waals surface area contributed by atoms with Gasteiger partial charge in [0.2, 0.25) is 0 Å². The van der Waals surface area contributed by atoms with Gasteiger partial charge in [-0.05, 0) is 35.9 Å². The first kappa shape index (κ1) is 14.8. The molecule has 2 heterocycles. The minimum Gasteiger partial charge on any atom is -0.229 e. The Kier molecular flexibility index (Phi) is 4.37. The van der Waals surface area contributed by atoms with Crippen LogP contribution in [0.25, 0.3) is 10.2 Å². The van der Waals surface area contributed by atoms with Crippen LogP contribution in [0.2, 0.25) is 0 Å². The molecular formula is C17H13N3S3. The Labute approximate surface area is 146 Å². The van der Waals surface area contributed by atoms with Crippen LogP contribution in [0.1, 0.15) is 10.6 Å². The molecule has 2 aromatic heterocycles. The summed E-state index contributed by atoms with van der Waals surface area (Å²) in [5.74, 6) is 0. The summed E-state index contributed by atoms with van der Waals surface area (Å²) in [6.07, 6.45) is 1.93. The van der Waals surface area contributed by atoms with E-state index in [-0.39, 0.29) is 0 Å². The lowest BCUT2D eigenvalue weighted by Crippen LogP contribution is -1.89. The molecule has 0 saturated heterocycles. The van der Waals surface area contributed by atoms with Gasteiger partial charge in [-0.2, -0.15) is 0 Å². The van der Waals surface area contributed by atoms with E-state index < -0.39 is 0 Å². The van der Waals surface area contributed by atoms with Crippen molar-refractivity contribution in [3.05, 3.63) is 65.2 Å². The van der Waals surface area contributed by atoms with Crippen molar-refractivity contribution in [3.63, 3.8) is 0 Å². The Bertz CT molecular complexity index is 882. The molecule has 0 amide bonds. The zero-order valence-corrected chi connectivity index (χ0v) is 14.6. The monoisotopic (exact) mass is 355 g/mol. The van der Waals surface area contributed by atoms with Crippen LogP contribution in [0, 0.1) is 0 Å². The zero-order valence-electron chi connectivity index (χ0n) is 12.2. The van der Waals surface area contributed by atoms with Crippen LogP contribution in [-0.2, 0) is 12.8 Å². The second-order valence-corrected chi connectivity index (χ2v) is 8.58. The van der Waals surface area contributed by atoms with E-state index in [1.165, 1.54) is 10.3 Å². The van der Waals surface area contributed by atoms with Gasteiger partial charge in [-0.25, -0.2) is 4.98 Å². The maximum absolute atomic E-state index is 4.63. The number of nitrogens with zero attached hydrogens (tertiary/aromatic N) is 3. The molecule has 0 atom stereocenters. The van der Waals surface area contributed by atoms with E-state index in [1.807, 2.05) is 24.3 Å². The van der Waals surface area contributed by atoms with Gasteiger partial charge in [0.05, 0.1) is 10.2 Å². The maximum Gasteiger partial charge on any atom is 0.181 e. The summed E-state index contributed by atoms with van der Waals surface area (Å²) in [6, 6.07) is 18.7. The van der Waals surface area contributed by atoms with Crippen LogP contribution in [0.4, 0.5) is 0 Å². The molecule has 0 radical (unpaired) electrons. The van der Waals surface area contributed by atoms with E-state index >= 15 is 0 Å². The highest BCUT2D eigenvalue weighted by atomic mass is 32.2. The van der Waals surface area contributed by atoms with Gasteiger partial charge < -0.3 is 0 Å². The molecule has 0 aliphatic carbocycles. The summed E-state index contributed by atoms with van der Waals surface area (Å²) in [7, 11) is 0. The van der Waals surface area contributed by atoms with Gasteiger partial charge in [-0.3, -0.25) is 0 Å². The lowest BCUT2D eigenvalue weighted by molar-refractivity contribution is 0.888. The molecule has 4 aromatic rings. The van der Waals surface area contributed by atoms with Crippen molar-refractivity contribution < 1.29 is 0 Å². The number of fused-ring (bicyclic) bond motifs is 1. The number of aryl methyl sites for hydroxylation is 2. The average molecular weight is 356 g/mol. The van der Waals surface area contributed by atoms with E-state index in [0.717, 1.165) is 32.0 Å². The summed E-state index contributed by atoms with van der Waals surface area (Å²) < 4.78 is 3.20. The van der Waals surface area contributed by atoms with E-state index in [0.29, 0.717) is 0 Å². The highest BCUT2D eigenvalue weighted by Crippen LogP contribution is 2.35. The molecule has 0 unspecified atom stereocenters. The van der Waals surface area contributed by atoms with Gasteiger partial charge in [0.15, 0.2) is 8.68 Å². The van der Waals surface area contributed by atoms with Gasteiger partial charge in [0.25, 0.3) is 0 Å². The van der Waals surface area contributed by atoms with Crippen molar-refractivity contribution in [2.75, 3.05) is 0 Å². The summed E-state index contributed by atoms with van der Waals surface area (Å²) in [5, 5.41) is 9.68. The number of para-hydroxylation sites is 1. The number of benzene rings is 2. The van der Waals surface area contributed by atoms with E-state index in [1.54, 1.807) is 34.4 Å². The molecule has 0 saturated carbocycles. The fraction of sp³-hybridized carbons (Fsp3) is 0.118. The average Bonchev–Trinajstić information content (AvgIpc) is 3.20. The van der Waals surface area contributed by atoms with Crippen molar-refractivity contribution in [2.24, 2.45) is 0 Å². The van der Waals surface area contributed by atoms with Crippen LogP contribution in [0.5, 0.6) is 0 Å². The fourth-order valence-electron chi connectivity index (χ4n) is 2.25. The molecule has 0 N–H and O–H groups in total. The molecule has 4 rings (SSSR count). The Morgan fingerprint density at radius 2 is 1.61 bits per heavy atom. The SMILES string of the molecule is c1ccc(CCc2nnc(Sc3nc4ccccc4s3)s2)cc1. The molecule has 0 aliphatic rings. The molecule has 0 aliphatic heterocycles. The number of hydrogen-bond donors (Lipinski definition) is 0. The third-order valence-electron chi connectivity index (χ3n) is 3.37. The normalized spacial score (nSPS) is 11.1. The summed E-state index contributed by atoms with van der Waals surface area (Å²) in [4.78, 5) is 4.63. The largest absolute Gasteiger partial charge is 0.229 e. The molecule has 23 heavy (non-hydrogen) atoms. The predicted octanol–water partition coefficient (Wildman–Crippen LogP) is 5.08. The molecule has 0 spiro atoms. The Balaban J connectivity index is 1.43. The zero-order chi connectivity index (χ0) is 15.5. The summed E-state index contributed by atoms with van der Waals surface area (Å²) >= 11 is 4.97. The first-order chi connectivity index (χ1) is 11.4. The third kappa shape index (κ3) is 3.60. The summed E-state index contributed by atoms with van der Waals surface area (Å²) in [6.45, 7) is 0. The van der Waals surface area contributed by atoms with E-state index in [4.69, 9.17) is 0 Å². The fourth-order valence-corrected chi connectivity index (χ4v) is 5.41. The number of thiazole rings is 1. The minimum atomic E-state index is 0.933. The number of rotatable bonds is 5. The van der Waals surface area contributed by atoms with Crippen molar-refractivity contribution in [1.82, 2.24) is 15.2 Å². The second kappa shape index (κ2) is 6.78. The van der Waals surface area contributed by atoms with Gasteiger partial charge in [-0.15, -0.1) is 21.5 Å². The molecule has 0 bridgehead atoms. The van der Waals surface area contributed by atoms with Crippen LogP contribution < -0.4 is 0 Å². The van der Waals surface area contributed by atoms with Crippen molar-refractivity contribution in [2.45, 2.75) is 21.5 Å². The smallest absolute Gasteiger partial charge is 0.181 e. The maximum atomic E-state index is 4.63. The van der Waals surface area contributed by atoms with Gasteiger partial charge in [-0.1, -0.05) is 53.8 Å². The van der Waals surface area contributed by atoms with E-state index in [2.05, 4.69) is 45.5 Å². The second-order valence-electron chi connectivity index (χ2n) is 5.00. The Morgan fingerprint density at radius 1 is 0.783 bits per heavy atom. The lowest BCUT2D eigenvalue weighted by Gasteiger charge is -1.96. The Hall–Kier alpha value is -1.76. The van der Waals surface area contributed by atoms with Crippen LogP contribution in [0.3, 0.4) is 0 Å². The van der Waals surface area contributed by atoms with Gasteiger partial charge in [0, 0.05) is 6.42 Å². The number of aromatic nitrogens is 3. The first-order valence-electron chi connectivity index (χ1n) is 7.26. The standard InChI is InChI=1S/C17H13N3S3/c1-2-6-12(7-3-1)10-11-15-19-20-17(22-15)23-16-18-13-8-4-5-9-14(13)21-16/h1-9H,10-11H2. The Morgan fingerprint density at radius 3 is 2.48 bits per heavy atom.